The number of carboxylic acid groups (broad SMARTS) is 1. The summed E-state index contributed by atoms with van der Waals surface area (Å²) in [7, 11) is 0. The molecule has 1 saturated carbocycles. The summed E-state index contributed by atoms with van der Waals surface area (Å²) in [5.74, 6) is -0.362. The van der Waals surface area contributed by atoms with Crippen molar-refractivity contribution >= 4 is 29.3 Å². The van der Waals surface area contributed by atoms with Crippen LogP contribution in [0.1, 0.15) is 43.0 Å². The van der Waals surface area contributed by atoms with Gasteiger partial charge in [-0.2, -0.15) is 0 Å². The fourth-order valence-corrected chi connectivity index (χ4v) is 2.78. The van der Waals surface area contributed by atoms with Crippen molar-refractivity contribution < 1.29 is 14.7 Å². The fourth-order valence-electron chi connectivity index (χ4n) is 2.54. The standard InChI is InChI=1S/C15H19ClN2O3/c1-9-2-4-12(5-3-9)17-15(21)18-13-7-10(14(19)20)6-11(16)8-13/h6-9,12H,2-5H2,1H3,(H,19,20)(H2,17,18,21). The molecular formula is C15H19ClN2O3. The van der Waals surface area contributed by atoms with Crippen molar-refractivity contribution in [2.45, 2.75) is 38.6 Å². The number of nitrogens with one attached hydrogen (secondary N) is 2. The molecule has 0 unspecified atom stereocenters. The normalized spacial score (nSPS) is 21.6. The Bertz CT molecular complexity index is 540. The van der Waals surface area contributed by atoms with E-state index >= 15 is 0 Å². The molecule has 21 heavy (non-hydrogen) atoms. The van der Waals surface area contributed by atoms with E-state index in [1.807, 2.05) is 0 Å². The largest absolute Gasteiger partial charge is 0.478 e. The number of urea groups is 1. The van der Waals surface area contributed by atoms with Crippen molar-refractivity contribution in [2.24, 2.45) is 5.92 Å². The smallest absolute Gasteiger partial charge is 0.335 e. The van der Waals surface area contributed by atoms with Gasteiger partial charge in [-0.05, 0) is 49.8 Å². The zero-order chi connectivity index (χ0) is 15.4. The number of halogens is 1. The first-order valence-corrected chi connectivity index (χ1v) is 7.43. The molecule has 0 atom stereocenters. The Morgan fingerprint density at radius 2 is 1.86 bits per heavy atom. The second-order valence-electron chi connectivity index (χ2n) is 5.59. The summed E-state index contributed by atoms with van der Waals surface area (Å²) in [5.41, 5.74) is 0.422. The fraction of sp³-hybridized carbons (Fsp3) is 0.467. The Hall–Kier alpha value is -1.75. The van der Waals surface area contributed by atoms with Crippen molar-refractivity contribution in [3.8, 4) is 0 Å². The van der Waals surface area contributed by atoms with Gasteiger partial charge in [0.15, 0.2) is 0 Å². The molecule has 0 radical (unpaired) electrons. The molecule has 3 N–H and O–H groups in total. The van der Waals surface area contributed by atoms with Crippen LogP contribution in [0.25, 0.3) is 0 Å². The molecule has 114 valence electrons. The molecule has 0 aliphatic heterocycles. The van der Waals surface area contributed by atoms with Gasteiger partial charge in [-0.15, -0.1) is 0 Å². The lowest BCUT2D eigenvalue weighted by atomic mass is 9.87. The minimum absolute atomic E-state index is 0.0456. The Labute approximate surface area is 128 Å². The zero-order valence-electron chi connectivity index (χ0n) is 11.9. The zero-order valence-corrected chi connectivity index (χ0v) is 12.6. The second kappa shape index (κ2) is 6.80. The highest BCUT2D eigenvalue weighted by molar-refractivity contribution is 6.31. The van der Waals surface area contributed by atoms with Crippen LogP contribution in [0, 0.1) is 5.92 Å². The number of rotatable bonds is 3. The van der Waals surface area contributed by atoms with Crippen molar-refractivity contribution in [3.63, 3.8) is 0 Å². The van der Waals surface area contributed by atoms with Gasteiger partial charge in [0.1, 0.15) is 0 Å². The molecule has 0 saturated heterocycles. The van der Waals surface area contributed by atoms with Gasteiger partial charge >= 0.3 is 12.0 Å². The lowest BCUT2D eigenvalue weighted by molar-refractivity contribution is 0.0697. The number of benzene rings is 1. The number of hydrogen-bond acceptors (Lipinski definition) is 2. The SMILES string of the molecule is CC1CCC(NC(=O)Nc2cc(Cl)cc(C(=O)O)c2)CC1. The molecule has 2 rings (SSSR count). The third kappa shape index (κ3) is 4.63. The first-order valence-electron chi connectivity index (χ1n) is 7.05. The Morgan fingerprint density at radius 1 is 1.19 bits per heavy atom. The van der Waals surface area contributed by atoms with E-state index in [1.165, 1.54) is 18.2 Å². The van der Waals surface area contributed by atoms with E-state index in [4.69, 9.17) is 16.7 Å². The molecule has 1 fully saturated rings. The van der Waals surface area contributed by atoms with Crippen LogP contribution in [-0.4, -0.2) is 23.1 Å². The molecule has 1 aromatic rings. The quantitative estimate of drug-likeness (QED) is 0.795. The van der Waals surface area contributed by atoms with E-state index < -0.39 is 5.97 Å². The number of anilines is 1. The second-order valence-corrected chi connectivity index (χ2v) is 6.03. The van der Waals surface area contributed by atoms with Crippen LogP contribution < -0.4 is 10.6 Å². The van der Waals surface area contributed by atoms with Gasteiger partial charge in [0.25, 0.3) is 0 Å². The van der Waals surface area contributed by atoms with E-state index in [0.29, 0.717) is 5.69 Å². The maximum atomic E-state index is 11.9. The maximum absolute atomic E-state index is 11.9. The minimum atomic E-state index is -1.08. The van der Waals surface area contributed by atoms with Crippen LogP contribution in [-0.2, 0) is 0 Å². The van der Waals surface area contributed by atoms with Crippen molar-refractivity contribution in [1.29, 1.82) is 0 Å². The lowest BCUT2D eigenvalue weighted by Gasteiger charge is -2.26. The van der Waals surface area contributed by atoms with Crippen LogP contribution in [0.4, 0.5) is 10.5 Å². The summed E-state index contributed by atoms with van der Waals surface area (Å²) in [6, 6.07) is 4.11. The molecule has 6 heteroatoms. The summed E-state index contributed by atoms with van der Waals surface area (Å²) in [5, 5.41) is 14.8. The van der Waals surface area contributed by atoms with E-state index in [1.54, 1.807) is 0 Å². The number of hydrogen-bond donors (Lipinski definition) is 3. The number of amides is 2. The number of carboxylic acids is 1. The van der Waals surface area contributed by atoms with Crippen LogP contribution in [0.15, 0.2) is 18.2 Å². The molecule has 0 spiro atoms. The molecule has 1 aliphatic carbocycles. The molecule has 1 aromatic carbocycles. The molecule has 0 bridgehead atoms. The molecule has 0 aromatic heterocycles. The summed E-state index contributed by atoms with van der Waals surface area (Å²) < 4.78 is 0. The monoisotopic (exact) mass is 310 g/mol. The van der Waals surface area contributed by atoms with Gasteiger partial charge < -0.3 is 15.7 Å². The van der Waals surface area contributed by atoms with Crippen LogP contribution in [0.5, 0.6) is 0 Å². The van der Waals surface area contributed by atoms with Crippen molar-refractivity contribution in [3.05, 3.63) is 28.8 Å². The Morgan fingerprint density at radius 3 is 2.48 bits per heavy atom. The van der Waals surface area contributed by atoms with E-state index in [2.05, 4.69) is 17.6 Å². The van der Waals surface area contributed by atoms with Gasteiger partial charge in [0, 0.05) is 16.8 Å². The minimum Gasteiger partial charge on any atom is -0.478 e. The van der Waals surface area contributed by atoms with Gasteiger partial charge in [0.2, 0.25) is 0 Å². The number of carbonyl (C=O) groups is 2. The third-order valence-corrected chi connectivity index (χ3v) is 3.97. The predicted octanol–water partition coefficient (Wildman–Crippen LogP) is 3.74. The molecule has 5 nitrogen and oxygen atoms in total. The van der Waals surface area contributed by atoms with Gasteiger partial charge in [0.05, 0.1) is 5.56 Å². The number of carbonyl (C=O) groups excluding carboxylic acids is 1. The molecule has 2 amide bonds. The number of aromatic carboxylic acids is 1. The summed E-state index contributed by atoms with van der Waals surface area (Å²) in [4.78, 5) is 22.9. The van der Waals surface area contributed by atoms with Gasteiger partial charge in [-0.1, -0.05) is 18.5 Å². The predicted molar refractivity (Wildman–Crippen MR) is 82.0 cm³/mol. The highest BCUT2D eigenvalue weighted by Crippen LogP contribution is 2.24. The van der Waals surface area contributed by atoms with E-state index in [-0.39, 0.29) is 22.7 Å². The summed E-state index contributed by atoms with van der Waals surface area (Å²) >= 11 is 5.85. The molecule has 0 heterocycles. The Balaban J connectivity index is 1.95. The average molecular weight is 311 g/mol. The summed E-state index contributed by atoms with van der Waals surface area (Å²) in [6.45, 7) is 2.22. The van der Waals surface area contributed by atoms with E-state index in [9.17, 15) is 9.59 Å². The maximum Gasteiger partial charge on any atom is 0.335 e. The van der Waals surface area contributed by atoms with Crippen molar-refractivity contribution in [2.75, 3.05) is 5.32 Å². The van der Waals surface area contributed by atoms with Gasteiger partial charge in [-0.3, -0.25) is 0 Å². The van der Waals surface area contributed by atoms with Gasteiger partial charge in [-0.25, -0.2) is 9.59 Å². The van der Waals surface area contributed by atoms with Crippen molar-refractivity contribution in [1.82, 2.24) is 5.32 Å². The Kier molecular flexibility index (Phi) is 5.07. The van der Waals surface area contributed by atoms with Crippen LogP contribution in [0.2, 0.25) is 5.02 Å². The first-order chi connectivity index (χ1) is 9.94. The summed E-state index contributed by atoms with van der Waals surface area (Å²) in [6.07, 6.45) is 4.19. The third-order valence-electron chi connectivity index (χ3n) is 3.75. The molecule has 1 aliphatic rings. The topological polar surface area (TPSA) is 78.4 Å². The lowest BCUT2D eigenvalue weighted by Crippen LogP contribution is -2.39. The average Bonchev–Trinajstić information content (AvgIpc) is 2.40. The molecular weight excluding hydrogens is 292 g/mol. The first kappa shape index (κ1) is 15.6. The van der Waals surface area contributed by atoms with E-state index in [0.717, 1.165) is 31.6 Å². The highest BCUT2D eigenvalue weighted by atomic mass is 35.5. The highest BCUT2D eigenvalue weighted by Gasteiger charge is 2.19. The van der Waals surface area contributed by atoms with Crippen LogP contribution >= 0.6 is 11.6 Å². The van der Waals surface area contributed by atoms with Crippen LogP contribution in [0.3, 0.4) is 0 Å².